The summed E-state index contributed by atoms with van der Waals surface area (Å²) in [4.78, 5) is 21.2. The predicted octanol–water partition coefficient (Wildman–Crippen LogP) is 4.34. The van der Waals surface area contributed by atoms with Crippen LogP contribution in [0, 0.1) is 6.92 Å². The first-order valence-electron chi connectivity index (χ1n) is 11.6. The number of amides is 1. The lowest BCUT2D eigenvalue weighted by Crippen LogP contribution is -2.47. The summed E-state index contributed by atoms with van der Waals surface area (Å²) in [6, 6.07) is 17.9. The van der Waals surface area contributed by atoms with E-state index in [2.05, 4.69) is 16.0 Å². The smallest absolute Gasteiger partial charge is 0.246 e. The number of benzene rings is 2. The summed E-state index contributed by atoms with van der Waals surface area (Å²) in [5.41, 5.74) is 4.16. The van der Waals surface area contributed by atoms with E-state index in [1.54, 1.807) is 19.4 Å². The molecule has 6 nitrogen and oxygen atoms in total. The summed E-state index contributed by atoms with van der Waals surface area (Å²) in [6.07, 6.45) is 7.20. The molecule has 0 spiro atoms. The van der Waals surface area contributed by atoms with Crippen molar-refractivity contribution in [3.05, 3.63) is 95.3 Å². The van der Waals surface area contributed by atoms with E-state index in [0.717, 1.165) is 60.9 Å². The van der Waals surface area contributed by atoms with Crippen molar-refractivity contribution >= 4 is 12.0 Å². The maximum Gasteiger partial charge on any atom is 0.246 e. The number of methoxy groups -OCH3 is 1. The second-order valence-electron chi connectivity index (χ2n) is 8.42. The van der Waals surface area contributed by atoms with Crippen LogP contribution in [0.1, 0.15) is 22.3 Å². The Morgan fingerprint density at radius 3 is 2.59 bits per heavy atom. The SMILES string of the molecule is COc1ccc(/C=C/C(=O)N2CCN(Cc3cccnc3)CC2)cc1COc1ccccc1C. The maximum absolute atomic E-state index is 12.8. The van der Waals surface area contributed by atoms with Gasteiger partial charge in [-0.15, -0.1) is 0 Å². The molecule has 0 bridgehead atoms. The number of para-hydroxylation sites is 1. The highest BCUT2D eigenvalue weighted by atomic mass is 16.5. The Kier molecular flexibility index (Phi) is 7.94. The monoisotopic (exact) mass is 457 g/mol. The number of rotatable bonds is 8. The summed E-state index contributed by atoms with van der Waals surface area (Å²) < 4.78 is 11.5. The third-order valence-corrected chi connectivity index (χ3v) is 6.01. The largest absolute Gasteiger partial charge is 0.496 e. The molecule has 1 aliphatic heterocycles. The Morgan fingerprint density at radius 2 is 1.85 bits per heavy atom. The number of pyridine rings is 1. The molecular weight excluding hydrogens is 426 g/mol. The summed E-state index contributed by atoms with van der Waals surface area (Å²) in [6.45, 7) is 6.45. The Morgan fingerprint density at radius 1 is 1.03 bits per heavy atom. The van der Waals surface area contributed by atoms with Crippen molar-refractivity contribution in [3.63, 3.8) is 0 Å². The molecule has 0 saturated carbocycles. The van der Waals surface area contributed by atoms with Gasteiger partial charge in [-0.25, -0.2) is 0 Å². The van der Waals surface area contributed by atoms with Crippen molar-refractivity contribution in [2.45, 2.75) is 20.1 Å². The predicted molar refractivity (Wildman–Crippen MR) is 134 cm³/mol. The van der Waals surface area contributed by atoms with Crippen LogP contribution in [0.25, 0.3) is 6.08 Å². The molecule has 4 rings (SSSR count). The second-order valence-corrected chi connectivity index (χ2v) is 8.42. The van der Waals surface area contributed by atoms with Crippen molar-refractivity contribution in [2.24, 2.45) is 0 Å². The zero-order valence-corrected chi connectivity index (χ0v) is 19.8. The van der Waals surface area contributed by atoms with Crippen molar-refractivity contribution in [3.8, 4) is 11.5 Å². The van der Waals surface area contributed by atoms with Gasteiger partial charge >= 0.3 is 0 Å². The lowest BCUT2D eigenvalue weighted by Gasteiger charge is -2.34. The normalized spacial score (nSPS) is 14.4. The Balaban J connectivity index is 1.33. The molecule has 176 valence electrons. The highest BCUT2D eigenvalue weighted by Gasteiger charge is 2.19. The first-order valence-corrected chi connectivity index (χ1v) is 11.6. The molecule has 0 atom stereocenters. The van der Waals surface area contributed by atoms with E-state index in [9.17, 15) is 4.79 Å². The Bertz CT molecular complexity index is 1120. The fourth-order valence-corrected chi connectivity index (χ4v) is 4.04. The number of hydrogen-bond acceptors (Lipinski definition) is 5. The molecule has 3 aromatic rings. The van der Waals surface area contributed by atoms with Gasteiger partial charge in [0.15, 0.2) is 0 Å². The summed E-state index contributed by atoms with van der Waals surface area (Å²) in [5, 5.41) is 0. The molecule has 1 aromatic heterocycles. The standard InChI is InChI=1S/C28H31N3O3/c1-22-6-3-4-8-26(22)34-21-25-18-23(9-11-27(25)33-2)10-12-28(32)31-16-14-30(15-17-31)20-24-7-5-13-29-19-24/h3-13,18-19H,14-17,20-21H2,1-2H3/b12-10+. The molecular formula is C28H31N3O3. The van der Waals surface area contributed by atoms with Gasteiger partial charge in [0.05, 0.1) is 7.11 Å². The number of nitrogens with zero attached hydrogens (tertiary/aromatic N) is 3. The highest BCUT2D eigenvalue weighted by Crippen LogP contribution is 2.24. The molecule has 34 heavy (non-hydrogen) atoms. The average molecular weight is 458 g/mol. The zero-order chi connectivity index (χ0) is 23.8. The number of aromatic nitrogens is 1. The van der Waals surface area contributed by atoms with Crippen LogP contribution in [0.5, 0.6) is 11.5 Å². The minimum absolute atomic E-state index is 0.0366. The maximum atomic E-state index is 12.8. The van der Waals surface area contributed by atoms with E-state index in [-0.39, 0.29) is 5.91 Å². The average Bonchev–Trinajstić information content (AvgIpc) is 2.88. The summed E-state index contributed by atoms with van der Waals surface area (Å²) in [5.74, 6) is 1.65. The van der Waals surface area contributed by atoms with E-state index in [4.69, 9.17) is 9.47 Å². The second kappa shape index (κ2) is 11.5. The molecule has 0 unspecified atom stereocenters. The van der Waals surface area contributed by atoms with E-state index in [0.29, 0.717) is 6.61 Å². The first kappa shape index (κ1) is 23.5. The van der Waals surface area contributed by atoms with Crippen LogP contribution in [0.2, 0.25) is 0 Å². The molecule has 6 heteroatoms. The fraction of sp³-hybridized carbons (Fsp3) is 0.286. The Hall–Kier alpha value is -3.64. The third kappa shape index (κ3) is 6.23. The highest BCUT2D eigenvalue weighted by molar-refractivity contribution is 5.91. The lowest BCUT2D eigenvalue weighted by atomic mass is 10.1. The van der Waals surface area contributed by atoms with Gasteiger partial charge in [-0.3, -0.25) is 14.7 Å². The van der Waals surface area contributed by atoms with Gasteiger partial charge in [0, 0.05) is 56.8 Å². The van der Waals surface area contributed by atoms with Gasteiger partial charge < -0.3 is 14.4 Å². The summed E-state index contributed by atoms with van der Waals surface area (Å²) >= 11 is 0. The zero-order valence-electron chi connectivity index (χ0n) is 19.8. The van der Waals surface area contributed by atoms with E-state index < -0.39 is 0 Å². The molecule has 1 aliphatic rings. The lowest BCUT2D eigenvalue weighted by molar-refractivity contribution is -0.127. The van der Waals surface area contributed by atoms with Gasteiger partial charge in [-0.1, -0.05) is 30.3 Å². The van der Waals surface area contributed by atoms with E-state index >= 15 is 0 Å². The first-order chi connectivity index (χ1) is 16.6. The van der Waals surface area contributed by atoms with E-state index in [1.807, 2.05) is 72.6 Å². The summed E-state index contributed by atoms with van der Waals surface area (Å²) in [7, 11) is 1.65. The number of hydrogen-bond donors (Lipinski definition) is 0. The topological polar surface area (TPSA) is 54.9 Å². The molecule has 0 N–H and O–H groups in total. The molecule has 1 fully saturated rings. The van der Waals surface area contributed by atoms with Gasteiger partial charge in [0.1, 0.15) is 18.1 Å². The van der Waals surface area contributed by atoms with Crippen molar-refractivity contribution in [1.82, 2.24) is 14.8 Å². The number of carbonyl (C=O) groups is 1. The Labute approximate surface area is 201 Å². The minimum atomic E-state index is 0.0366. The molecule has 0 radical (unpaired) electrons. The fourth-order valence-electron chi connectivity index (χ4n) is 4.04. The van der Waals surface area contributed by atoms with Crippen molar-refractivity contribution < 1.29 is 14.3 Å². The number of piperazine rings is 1. The third-order valence-electron chi connectivity index (χ3n) is 6.01. The number of carbonyl (C=O) groups excluding carboxylic acids is 1. The van der Waals surface area contributed by atoms with Crippen LogP contribution in [0.4, 0.5) is 0 Å². The molecule has 1 saturated heterocycles. The van der Waals surface area contributed by atoms with Crippen LogP contribution in [-0.4, -0.2) is 54.0 Å². The molecule has 2 heterocycles. The van der Waals surface area contributed by atoms with Gasteiger partial charge in [-0.2, -0.15) is 0 Å². The number of ether oxygens (including phenoxy) is 2. The molecule has 2 aromatic carbocycles. The quantitative estimate of drug-likeness (QED) is 0.471. The van der Waals surface area contributed by atoms with Gasteiger partial charge in [0.2, 0.25) is 5.91 Å². The minimum Gasteiger partial charge on any atom is -0.496 e. The van der Waals surface area contributed by atoms with Gasteiger partial charge in [0.25, 0.3) is 0 Å². The van der Waals surface area contributed by atoms with Crippen LogP contribution < -0.4 is 9.47 Å². The van der Waals surface area contributed by atoms with E-state index in [1.165, 1.54) is 5.56 Å². The molecule has 1 amide bonds. The van der Waals surface area contributed by atoms with Crippen LogP contribution >= 0.6 is 0 Å². The van der Waals surface area contributed by atoms with Crippen LogP contribution in [0.3, 0.4) is 0 Å². The van der Waals surface area contributed by atoms with Crippen molar-refractivity contribution in [2.75, 3.05) is 33.3 Å². The van der Waals surface area contributed by atoms with Crippen LogP contribution in [0.15, 0.2) is 73.1 Å². The van der Waals surface area contributed by atoms with Gasteiger partial charge in [-0.05, 0) is 54.0 Å². The number of aryl methyl sites for hydroxylation is 1. The van der Waals surface area contributed by atoms with Crippen molar-refractivity contribution in [1.29, 1.82) is 0 Å². The molecule has 0 aliphatic carbocycles. The van der Waals surface area contributed by atoms with Crippen LogP contribution in [-0.2, 0) is 17.9 Å².